The second-order valence-corrected chi connectivity index (χ2v) is 9.90. The summed E-state index contributed by atoms with van der Waals surface area (Å²) in [5.41, 5.74) is 8.13. The third-order valence-corrected chi connectivity index (χ3v) is 7.28. The number of halogens is 1. The van der Waals surface area contributed by atoms with Crippen LogP contribution in [0.1, 0.15) is 24.8 Å². The minimum atomic E-state index is -0.261. The molecule has 8 heteroatoms. The van der Waals surface area contributed by atoms with Crippen LogP contribution in [0.3, 0.4) is 0 Å². The molecule has 0 saturated carbocycles. The van der Waals surface area contributed by atoms with Crippen LogP contribution in [0.15, 0.2) is 73.2 Å². The lowest BCUT2D eigenvalue weighted by atomic mass is 10.0. The van der Waals surface area contributed by atoms with E-state index >= 15 is 0 Å². The molecule has 7 nitrogen and oxygen atoms in total. The van der Waals surface area contributed by atoms with Crippen molar-refractivity contribution in [3.63, 3.8) is 0 Å². The van der Waals surface area contributed by atoms with E-state index < -0.39 is 0 Å². The number of fused-ring (bicyclic) bond motifs is 2. The van der Waals surface area contributed by atoms with Crippen LogP contribution in [0.4, 0.5) is 4.39 Å². The molecule has 0 aliphatic carbocycles. The number of imidazole rings is 1. The van der Waals surface area contributed by atoms with E-state index in [1.54, 1.807) is 12.1 Å². The lowest BCUT2D eigenvalue weighted by molar-refractivity contribution is 0.220. The fraction of sp³-hybridized carbons (Fsp3) is 0.200. The molecular weight excluding hydrogens is 477 g/mol. The fourth-order valence-corrected chi connectivity index (χ4v) is 5.35. The average Bonchev–Trinajstić information content (AvgIpc) is 3.58. The first kappa shape index (κ1) is 22.7. The molecule has 2 aromatic carbocycles. The zero-order chi connectivity index (χ0) is 25.5. The van der Waals surface area contributed by atoms with E-state index in [1.165, 1.54) is 37.0 Å². The molecule has 0 radical (unpaired) electrons. The van der Waals surface area contributed by atoms with Gasteiger partial charge in [-0.15, -0.1) is 0 Å². The van der Waals surface area contributed by atoms with E-state index in [9.17, 15) is 4.39 Å². The molecule has 188 valence electrons. The normalized spacial score (nSPS) is 14.4. The molecule has 7 rings (SSSR count). The van der Waals surface area contributed by atoms with Crippen molar-refractivity contribution >= 4 is 21.9 Å². The molecule has 1 fully saturated rings. The Morgan fingerprint density at radius 3 is 2.61 bits per heavy atom. The maximum absolute atomic E-state index is 13.5. The van der Waals surface area contributed by atoms with Crippen LogP contribution in [0.25, 0.3) is 55.8 Å². The summed E-state index contributed by atoms with van der Waals surface area (Å²) in [6, 6.07) is 16.7. The van der Waals surface area contributed by atoms with Crippen molar-refractivity contribution in [3.05, 3.63) is 84.6 Å². The number of hydrogen-bond acceptors (Lipinski definition) is 5. The van der Waals surface area contributed by atoms with Crippen molar-refractivity contribution in [2.45, 2.75) is 25.8 Å². The SMILES string of the molecule is Fc1ccc(-c2cccc3[nH]c(-c4n[nH]c5cnc(-c6cncc(CN7CCCCC7)c6)cc45)nc23)cc1. The third-order valence-electron chi connectivity index (χ3n) is 7.28. The molecule has 4 aromatic heterocycles. The van der Waals surface area contributed by atoms with E-state index in [2.05, 4.69) is 36.1 Å². The molecular formula is C30H26FN7. The first-order valence-electron chi connectivity index (χ1n) is 13.0. The fourth-order valence-electron chi connectivity index (χ4n) is 5.35. The highest BCUT2D eigenvalue weighted by molar-refractivity contribution is 5.97. The van der Waals surface area contributed by atoms with Crippen molar-refractivity contribution in [2.75, 3.05) is 13.1 Å². The Bertz CT molecular complexity index is 1750. The van der Waals surface area contributed by atoms with Crippen molar-refractivity contribution < 1.29 is 4.39 Å². The Hall–Kier alpha value is -4.43. The van der Waals surface area contributed by atoms with E-state index in [0.29, 0.717) is 5.82 Å². The molecule has 0 spiro atoms. The van der Waals surface area contributed by atoms with Gasteiger partial charge in [0.2, 0.25) is 0 Å². The number of piperidine rings is 1. The second kappa shape index (κ2) is 9.46. The topological polar surface area (TPSA) is 86.4 Å². The minimum absolute atomic E-state index is 0.261. The summed E-state index contributed by atoms with van der Waals surface area (Å²) in [5.74, 6) is 0.401. The number of benzene rings is 2. The predicted octanol–water partition coefficient (Wildman–Crippen LogP) is 6.36. The number of nitrogens with one attached hydrogen (secondary N) is 2. The molecule has 0 unspecified atom stereocenters. The van der Waals surface area contributed by atoms with Crippen LogP contribution < -0.4 is 0 Å². The van der Waals surface area contributed by atoms with Gasteiger partial charge in [-0.2, -0.15) is 5.10 Å². The standard InChI is InChI=1S/C30H26FN7/c31-22-9-7-20(8-10-22)23-5-4-6-25-28(23)35-30(34-25)29-24-14-26(33-17-27(24)36-37-29)21-13-19(15-32-16-21)18-38-11-2-1-3-12-38/h4-10,13-17H,1-3,11-12,18H2,(H,34,35)(H,36,37). The summed E-state index contributed by atoms with van der Waals surface area (Å²) < 4.78 is 13.5. The van der Waals surface area contributed by atoms with E-state index in [4.69, 9.17) is 4.98 Å². The molecule has 2 N–H and O–H groups in total. The number of H-pyrrole nitrogens is 2. The van der Waals surface area contributed by atoms with Crippen LogP contribution >= 0.6 is 0 Å². The first-order valence-corrected chi connectivity index (χ1v) is 13.0. The Kier molecular flexibility index (Phi) is 5.66. The smallest absolute Gasteiger partial charge is 0.159 e. The quantitative estimate of drug-likeness (QED) is 0.286. The van der Waals surface area contributed by atoms with Gasteiger partial charge in [-0.1, -0.05) is 30.7 Å². The summed E-state index contributed by atoms with van der Waals surface area (Å²) in [4.78, 5) is 20.0. The number of aromatic amines is 2. The molecule has 1 aliphatic heterocycles. The zero-order valence-electron chi connectivity index (χ0n) is 20.8. The number of nitrogens with zero attached hydrogens (tertiary/aromatic N) is 5. The number of para-hydroxylation sites is 1. The lowest BCUT2D eigenvalue weighted by Gasteiger charge is -2.26. The van der Waals surface area contributed by atoms with Crippen LogP contribution in [0.5, 0.6) is 0 Å². The van der Waals surface area contributed by atoms with Gasteiger partial charge in [0.05, 0.1) is 28.4 Å². The van der Waals surface area contributed by atoms with Gasteiger partial charge < -0.3 is 4.98 Å². The molecule has 1 aliphatic rings. The summed E-state index contributed by atoms with van der Waals surface area (Å²) in [7, 11) is 0. The predicted molar refractivity (Wildman–Crippen MR) is 147 cm³/mol. The van der Waals surface area contributed by atoms with Crippen molar-refractivity contribution in [1.29, 1.82) is 0 Å². The van der Waals surface area contributed by atoms with Crippen LogP contribution in [-0.4, -0.2) is 48.1 Å². The van der Waals surface area contributed by atoms with Crippen molar-refractivity contribution in [2.24, 2.45) is 0 Å². The molecule has 1 saturated heterocycles. The number of rotatable bonds is 5. The van der Waals surface area contributed by atoms with Crippen molar-refractivity contribution in [1.82, 2.24) is 35.0 Å². The van der Waals surface area contributed by atoms with Gasteiger partial charge in [0.25, 0.3) is 0 Å². The van der Waals surface area contributed by atoms with Gasteiger partial charge in [0, 0.05) is 35.5 Å². The Morgan fingerprint density at radius 2 is 1.74 bits per heavy atom. The lowest BCUT2D eigenvalue weighted by Crippen LogP contribution is -2.29. The monoisotopic (exact) mass is 503 g/mol. The molecule has 0 atom stereocenters. The maximum atomic E-state index is 13.5. The molecule has 0 amide bonds. The van der Waals surface area contributed by atoms with Gasteiger partial charge in [0.1, 0.15) is 11.5 Å². The molecule has 6 aromatic rings. The van der Waals surface area contributed by atoms with E-state index in [0.717, 1.165) is 69.6 Å². The summed E-state index contributed by atoms with van der Waals surface area (Å²) in [5, 5.41) is 8.59. The largest absolute Gasteiger partial charge is 0.337 e. The zero-order valence-corrected chi connectivity index (χ0v) is 20.8. The van der Waals surface area contributed by atoms with Crippen molar-refractivity contribution in [3.8, 4) is 33.9 Å². The maximum Gasteiger partial charge on any atom is 0.159 e. The van der Waals surface area contributed by atoms with Crippen LogP contribution in [0, 0.1) is 5.82 Å². The molecule has 0 bridgehead atoms. The number of likely N-dealkylation sites (tertiary alicyclic amines) is 1. The van der Waals surface area contributed by atoms with Gasteiger partial charge in [-0.25, -0.2) is 9.37 Å². The Labute approximate surface area is 218 Å². The summed E-state index contributed by atoms with van der Waals surface area (Å²) in [6.45, 7) is 3.20. The van der Waals surface area contributed by atoms with E-state index in [1.807, 2.05) is 42.9 Å². The summed E-state index contributed by atoms with van der Waals surface area (Å²) >= 11 is 0. The van der Waals surface area contributed by atoms with E-state index in [-0.39, 0.29) is 5.82 Å². The number of pyridine rings is 2. The highest BCUT2D eigenvalue weighted by atomic mass is 19.1. The summed E-state index contributed by atoms with van der Waals surface area (Å²) in [6.07, 6.45) is 9.48. The first-order chi connectivity index (χ1) is 18.7. The molecule has 5 heterocycles. The van der Waals surface area contributed by atoms with Crippen LogP contribution in [0.2, 0.25) is 0 Å². The van der Waals surface area contributed by atoms with Crippen LogP contribution in [-0.2, 0) is 6.54 Å². The van der Waals surface area contributed by atoms with Gasteiger partial charge in [0.15, 0.2) is 5.82 Å². The minimum Gasteiger partial charge on any atom is -0.337 e. The molecule has 38 heavy (non-hydrogen) atoms. The Balaban J connectivity index is 1.25. The highest BCUT2D eigenvalue weighted by Crippen LogP contribution is 2.32. The van der Waals surface area contributed by atoms with Gasteiger partial charge >= 0.3 is 0 Å². The highest BCUT2D eigenvalue weighted by Gasteiger charge is 2.17. The van der Waals surface area contributed by atoms with Gasteiger partial charge in [-0.05, 0) is 67.4 Å². The number of hydrogen-bond donors (Lipinski definition) is 2. The second-order valence-electron chi connectivity index (χ2n) is 9.90. The van der Waals surface area contributed by atoms with Gasteiger partial charge in [-0.3, -0.25) is 20.0 Å². The third kappa shape index (κ3) is 4.22. The Morgan fingerprint density at radius 1 is 0.868 bits per heavy atom. The average molecular weight is 504 g/mol. The number of aromatic nitrogens is 6.